The Bertz CT molecular complexity index is 2010. The second kappa shape index (κ2) is 14.4. The highest BCUT2D eigenvalue weighted by molar-refractivity contribution is 7.99. The van der Waals surface area contributed by atoms with Crippen LogP contribution in [0.1, 0.15) is 52.1 Å². The summed E-state index contributed by atoms with van der Waals surface area (Å²) in [6.45, 7) is 2.47. The van der Waals surface area contributed by atoms with Gasteiger partial charge in [0, 0.05) is 23.8 Å². The molecule has 4 atom stereocenters. The van der Waals surface area contributed by atoms with E-state index in [2.05, 4.69) is 55.6 Å². The predicted molar refractivity (Wildman–Crippen MR) is 183 cm³/mol. The van der Waals surface area contributed by atoms with Crippen molar-refractivity contribution in [3.8, 4) is 11.1 Å². The van der Waals surface area contributed by atoms with Crippen LogP contribution in [0.4, 0.5) is 0 Å². The number of benzene rings is 4. The maximum Gasteiger partial charge on any atom is 0.271 e. The summed E-state index contributed by atoms with van der Waals surface area (Å²) < 4.78 is 13.3. The lowest BCUT2D eigenvalue weighted by Gasteiger charge is -2.41. The highest BCUT2D eigenvalue weighted by atomic mass is 32.2. The first-order chi connectivity index (χ1) is 23.5. The molecule has 7 rings (SSSR count). The Labute approximate surface area is 282 Å². The zero-order chi connectivity index (χ0) is 32.9. The van der Waals surface area contributed by atoms with Gasteiger partial charge in [-0.3, -0.25) is 14.9 Å². The fourth-order valence-corrected chi connectivity index (χ4v) is 6.74. The number of aromatic nitrogens is 5. The van der Waals surface area contributed by atoms with E-state index in [0.29, 0.717) is 17.8 Å². The van der Waals surface area contributed by atoms with Gasteiger partial charge in [0.1, 0.15) is 12.0 Å². The molecule has 11 heteroatoms. The Balaban J connectivity index is 1.09. The lowest BCUT2D eigenvalue weighted by Crippen LogP contribution is -2.38. The fourth-order valence-electron chi connectivity index (χ4n) is 5.80. The van der Waals surface area contributed by atoms with Crippen LogP contribution in [-0.2, 0) is 22.6 Å². The van der Waals surface area contributed by atoms with Gasteiger partial charge in [0.15, 0.2) is 11.4 Å². The van der Waals surface area contributed by atoms with Gasteiger partial charge in [0.2, 0.25) is 0 Å². The van der Waals surface area contributed by atoms with Crippen molar-refractivity contribution in [2.45, 2.75) is 43.7 Å². The van der Waals surface area contributed by atoms with E-state index in [-0.39, 0.29) is 36.3 Å². The molecule has 0 bridgehead atoms. The number of H-pyrrole nitrogens is 1. The Morgan fingerprint density at radius 1 is 0.875 bits per heavy atom. The number of aromatic amines is 1. The number of carbonyl (C=O) groups is 1. The molecule has 1 aliphatic heterocycles. The standard InChI is InChI=1S/C37H34N6O4S/c1-23-33(21-48-37-40-22-41-43-37)46-36(47-34(23)26-14-12-24(20-44)13-15-26)29-9-5-8-28(17-29)27-7-4-6-25(16-27)18-39-35(45)32-19-38-30-10-2-3-11-31(30)42-32/h2-17,19,22-23,33-34,36,44H,18,20-21H2,1H3,(H,39,45)(H,40,41,43). The Hall–Kier alpha value is -4.94. The molecule has 1 fully saturated rings. The monoisotopic (exact) mass is 658 g/mol. The average Bonchev–Trinajstić information content (AvgIpc) is 3.67. The van der Waals surface area contributed by atoms with Crippen LogP contribution in [0, 0.1) is 5.92 Å². The van der Waals surface area contributed by atoms with E-state index < -0.39 is 6.29 Å². The number of aliphatic hydroxyl groups is 1. The summed E-state index contributed by atoms with van der Waals surface area (Å²) in [5, 5.41) is 20.2. The number of fused-ring (bicyclic) bond motifs is 1. The van der Waals surface area contributed by atoms with E-state index in [9.17, 15) is 9.90 Å². The first kappa shape index (κ1) is 31.6. The van der Waals surface area contributed by atoms with E-state index in [1.54, 1.807) is 11.8 Å². The summed E-state index contributed by atoms with van der Waals surface area (Å²) in [6.07, 6.45) is 2.04. The minimum absolute atomic E-state index is 0.0109. The van der Waals surface area contributed by atoms with Gasteiger partial charge in [-0.05, 0) is 52.1 Å². The largest absolute Gasteiger partial charge is 0.392 e. The Morgan fingerprint density at radius 2 is 1.67 bits per heavy atom. The van der Waals surface area contributed by atoms with Gasteiger partial charge in [-0.2, -0.15) is 5.10 Å². The van der Waals surface area contributed by atoms with Crippen molar-refractivity contribution in [3.05, 3.63) is 138 Å². The Morgan fingerprint density at radius 3 is 2.46 bits per heavy atom. The molecule has 0 spiro atoms. The molecule has 1 amide bonds. The number of nitrogens with zero attached hydrogens (tertiary/aromatic N) is 4. The quantitative estimate of drug-likeness (QED) is 0.143. The second-order valence-electron chi connectivity index (χ2n) is 11.7. The van der Waals surface area contributed by atoms with Gasteiger partial charge in [0.05, 0.1) is 36.0 Å². The highest BCUT2D eigenvalue weighted by Crippen LogP contribution is 2.43. The summed E-state index contributed by atoms with van der Waals surface area (Å²) in [5.41, 5.74) is 7.45. The van der Waals surface area contributed by atoms with Gasteiger partial charge in [-0.15, -0.1) is 0 Å². The number of hydrogen-bond donors (Lipinski definition) is 3. The first-order valence-corrected chi connectivity index (χ1v) is 16.7. The SMILES string of the molecule is CC1C(CSc2ncn[nH]2)OC(c2cccc(-c3cccc(CNC(=O)c4cnc5ccccc5n4)c3)c2)OC1c1ccc(CO)cc1. The molecule has 1 aliphatic rings. The van der Waals surface area contributed by atoms with Crippen molar-refractivity contribution in [2.24, 2.45) is 5.92 Å². The molecule has 0 radical (unpaired) electrons. The summed E-state index contributed by atoms with van der Waals surface area (Å²) in [6, 6.07) is 31.6. The zero-order valence-electron chi connectivity index (χ0n) is 26.2. The lowest BCUT2D eigenvalue weighted by molar-refractivity contribution is -0.268. The number of rotatable bonds is 10. The van der Waals surface area contributed by atoms with Crippen LogP contribution >= 0.6 is 11.8 Å². The van der Waals surface area contributed by atoms with Crippen LogP contribution in [-0.4, -0.2) is 48.0 Å². The predicted octanol–water partition coefficient (Wildman–Crippen LogP) is 6.42. The number of thioether (sulfide) groups is 1. The normalized spacial score (nSPS) is 19.3. The van der Waals surface area contributed by atoms with Crippen LogP contribution in [0.3, 0.4) is 0 Å². The van der Waals surface area contributed by atoms with E-state index in [4.69, 9.17) is 9.47 Å². The molecule has 2 aromatic heterocycles. The first-order valence-electron chi connectivity index (χ1n) is 15.7. The summed E-state index contributed by atoms with van der Waals surface area (Å²) >= 11 is 1.56. The minimum Gasteiger partial charge on any atom is -0.392 e. The van der Waals surface area contributed by atoms with Crippen LogP contribution in [0.5, 0.6) is 0 Å². The van der Waals surface area contributed by atoms with Crippen molar-refractivity contribution in [1.82, 2.24) is 30.5 Å². The van der Waals surface area contributed by atoms with Crippen molar-refractivity contribution in [3.63, 3.8) is 0 Å². The molecule has 10 nitrogen and oxygen atoms in total. The molecular weight excluding hydrogens is 625 g/mol. The van der Waals surface area contributed by atoms with Crippen molar-refractivity contribution in [1.29, 1.82) is 0 Å². The van der Waals surface area contributed by atoms with Gasteiger partial charge < -0.3 is 19.9 Å². The zero-order valence-corrected chi connectivity index (χ0v) is 27.0. The van der Waals surface area contributed by atoms with Crippen molar-refractivity contribution in [2.75, 3.05) is 5.75 Å². The van der Waals surface area contributed by atoms with Crippen molar-refractivity contribution < 1.29 is 19.4 Å². The molecule has 1 saturated heterocycles. The molecule has 0 aliphatic carbocycles. The van der Waals surface area contributed by atoms with Gasteiger partial charge in [0.25, 0.3) is 5.91 Å². The third kappa shape index (κ3) is 7.14. The third-order valence-electron chi connectivity index (χ3n) is 8.45. The molecule has 4 aromatic carbocycles. The van der Waals surface area contributed by atoms with Gasteiger partial charge >= 0.3 is 0 Å². The number of carbonyl (C=O) groups excluding carboxylic acids is 1. The van der Waals surface area contributed by atoms with Gasteiger partial charge in [-0.1, -0.05) is 91.5 Å². The maximum atomic E-state index is 12.9. The second-order valence-corrected chi connectivity index (χ2v) is 12.7. The topological polar surface area (TPSA) is 135 Å². The number of aliphatic hydroxyl groups excluding tert-OH is 1. The molecule has 4 unspecified atom stereocenters. The van der Waals surface area contributed by atoms with Crippen LogP contribution in [0.2, 0.25) is 0 Å². The molecule has 0 saturated carbocycles. The average molecular weight is 659 g/mol. The lowest BCUT2D eigenvalue weighted by atomic mass is 9.91. The number of hydrogen-bond acceptors (Lipinski definition) is 9. The van der Waals surface area contributed by atoms with Crippen molar-refractivity contribution >= 4 is 28.7 Å². The number of nitrogens with one attached hydrogen (secondary N) is 2. The number of amides is 1. The summed E-state index contributed by atoms with van der Waals surface area (Å²) in [5.74, 6) is 0.435. The molecule has 6 aromatic rings. The maximum absolute atomic E-state index is 12.9. The molecule has 3 N–H and O–H groups in total. The van der Waals surface area contributed by atoms with E-state index >= 15 is 0 Å². The Kier molecular flexibility index (Phi) is 9.53. The number of para-hydroxylation sites is 2. The van der Waals surface area contributed by atoms with E-state index in [1.165, 1.54) is 12.5 Å². The van der Waals surface area contributed by atoms with Gasteiger partial charge in [-0.25, -0.2) is 9.97 Å². The van der Waals surface area contributed by atoms with Crippen LogP contribution < -0.4 is 5.32 Å². The fraction of sp³-hybridized carbons (Fsp3) is 0.216. The van der Waals surface area contributed by atoms with E-state index in [0.717, 1.165) is 44.1 Å². The van der Waals surface area contributed by atoms with E-state index in [1.807, 2.05) is 78.9 Å². The third-order valence-corrected chi connectivity index (χ3v) is 9.42. The minimum atomic E-state index is -0.602. The smallest absolute Gasteiger partial charge is 0.271 e. The molecular formula is C37H34N6O4S. The molecule has 48 heavy (non-hydrogen) atoms. The van der Waals surface area contributed by atoms with Crippen LogP contribution in [0.15, 0.2) is 115 Å². The molecule has 242 valence electrons. The number of ether oxygens (including phenoxy) is 2. The molecule has 3 heterocycles. The summed E-state index contributed by atoms with van der Waals surface area (Å²) in [4.78, 5) is 26.0. The highest BCUT2D eigenvalue weighted by Gasteiger charge is 2.38. The summed E-state index contributed by atoms with van der Waals surface area (Å²) in [7, 11) is 0. The van der Waals surface area contributed by atoms with Crippen LogP contribution in [0.25, 0.3) is 22.2 Å².